The van der Waals surface area contributed by atoms with E-state index in [2.05, 4.69) is 30.5 Å². The summed E-state index contributed by atoms with van der Waals surface area (Å²) in [4.78, 5) is 0. The van der Waals surface area contributed by atoms with Crippen LogP contribution < -0.4 is 5.32 Å². The largest absolute Gasteiger partial charge is 0.380 e. The number of aryl methyl sites for hydroxylation is 2. The van der Waals surface area contributed by atoms with Gasteiger partial charge in [0.2, 0.25) is 0 Å². The van der Waals surface area contributed by atoms with E-state index in [9.17, 15) is 0 Å². The van der Waals surface area contributed by atoms with Crippen LogP contribution in [0.15, 0.2) is 6.20 Å². The Morgan fingerprint density at radius 2 is 2.00 bits per heavy atom. The number of nitrogens with zero attached hydrogens (tertiary/aromatic N) is 2. The van der Waals surface area contributed by atoms with Gasteiger partial charge in [0.05, 0.1) is 11.4 Å². The molecule has 0 aromatic carbocycles. The molecule has 3 nitrogen and oxygen atoms in total. The summed E-state index contributed by atoms with van der Waals surface area (Å²) in [6.07, 6.45) is 9.87. The van der Waals surface area contributed by atoms with Gasteiger partial charge in [0.25, 0.3) is 0 Å². The average Bonchev–Trinajstić information content (AvgIpc) is 2.70. The standard InChI is InChI=1S/C14H25N3/c1-4-11-6-8-12(9-7-11)15-14-10-17(3)16-13(14)5-2/h10-12,15H,4-9H2,1-3H3. The van der Waals surface area contributed by atoms with Crippen molar-refractivity contribution in [3.05, 3.63) is 11.9 Å². The summed E-state index contributed by atoms with van der Waals surface area (Å²) in [5, 5.41) is 8.16. The summed E-state index contributed by atoms with van der Waals surface area (Å²) in [7, 11) is 2.00. The first-order valence-electron chi connectivity index (χ1n) is 7.02. The fraction of sp³-hybridized carbons (Fsp3) is 0.786. The predicted octanol–water partition coefficient (Wildman–Crippen LogP) is 3.36. The third kappa shape index (κ3) is 3.02. The lowest BCUT2D eigenvalue weighted by molar-refractivity contribution is 0.330. The molecule has 0 saturated heterocycles. The van der Waals surface area contributed by atoms with Crippen LogP contribution >= 0.6 is 0 Å². The van der Waals surface area contributed by atoms with Crippen molar-refractivity contribution in [2.24, 2.45) is 13.0 Å². The molecule has 0 radical (unpaired) electrons. The first kappa shape index (κ1) is 12.5. The van der Waals surface area contributed by atoms with Crippen LogP contribution in [-0.4, -0.2) is 15.8 Å². The molecular formula is C14H25N3. The Labute approximate surface area is 105 Å². The maximum absolute atomic E-state index is 4.48. The second-order valence-corrected chi connectivity index (χ2v) is 5.29. The van der Waals surface area contributed by atoms with Crippen molar-refractivity contribution in [1.82, 2.24) is 9.78 Å². The maximum atomic E-state index is 4.48. The zero-order chi connectivity index (χ0) is 12.3. The van der Waals surface area contributed by atoms with Crippen molar-refractivity contribution in [2.45, 2.75) is 58.4 Å². The van der Waals surface area contributed by atoms with Gasteiger partial charge in [-0.05, 0) is 38.0 Å². The molecule has 3 heteroatoms. The number of nitrogens with one attached hydrogen (secondary N) is 1. The van der Waals surface area contributed by atoms with Crippen molar-refractivity contribution < 1.29 is 0 Å². The van der Waals surface area contributed by atoms with E-state index in [1.165, 1.54) is 43.5 Å². The van der Waals surface area contributed by atoms with Crippen LogP contribution in [0.1, 0.15) is 51.6 Å². The monoisotopic (exact) mass is 235 g/mol. The van der Waals surface area contributed by atoms with E-state index >= 15 is 0 Å². The quantitative estimate of drug-likeness (QED) is 0.867. The highest BCUT2D eigenvalue weighted by Gasteiger charge is 2.20. The van der Waals surface area contributed by atoms with E-state index in [0.29, 0.717) is 6.04 Å². The predicted molar refractivity (Wildman–Crippen MR) is 72.2 cm³/mol. The van der Waals surface area contributed by atoms with Gasteiger partial charge >= 0.3 is 0 Å². The zero-order valence-electron chi connectivity index (χ0n) is 11.4. The highest BCUT2D eigenvalue weighted by Crippen LogP contribution is 2.29. The molecule has 1 fully saturated rings. The van der Waals surface area contributed by atoms with E-state index in [1.54, 1.807) is 0 Å². The molecule has 1 aromatic rings. The van der Waals surface area contributed by atoms with Gasteiger partial charge in [0.1, 0.15) is 0 Å². The average molecular weight is 235 g/mol. The van der Waals surface area contributed by atoms with Crippen molar-refractivity contribution in [2.75, 3.05) is 5.32 Å². The summed E-state index contributed by atoms with van der Waals surface area (Å²) in [5.74, 6) is 0.965. The second-order valence-electron chi connectivity index (χ2n) is 5.29. The Morgan fingerprint density at radius 1 is 1.29 bits per heavy atom. The van der Waals surface area contributed by atoms with Gasteiger partial charge in [-0.15, -0.1) is 0 Å². The van der Waals surface area contributed by atoms with Crippen LogP contribution in [-0.2, 0) is 13.5 Å². The Balaban J connectivity index is 1.92. The Kier molecular flexibility index (Phi) is 4.08. The number of rotatable bonds is 4. The fourth-order valence-electron chi connectivity index (χ4n) is 2.85. The SMILES string of the molecule is CCc1nn(C)cc1NC1CCC(CC)CC1. The highest BCUT2D eigenvalue weighted by atomic mass is 15.3. The van der Waals surface area contributed by atoms with Gasteiger partial charge in [-0.1, -0.05) is 20.3 Å². The van der Waals surface area contributed by atoms with E-state index in [0.717, 1.165) is 12.3 Å². The third-order valence-corrected chi connectivity index (χ3v) is 4.02. The first-order chi connectivity index (χ1) is 8.22. The molecule has 96 valence electrons. The molecule has 17 heavy (non-hydrogen) atoms. The van der Waals surface area contributed by atoms with Crippen LogP contribution in [0, 0.1) is 5.92 Å². The summed E-state index contributed by atoms with van der Waals surface area (Å²) >= 11 is 0. The molecule has 0 amide bonds. The van der Waals surface area contributed by atoms with Crippen LogP contribution in [0.2, 0.25) is 0 Å². The summed E-state index contributed by atoms with van der Waals surface area (Å²) in [6, 6.07) is 0.660. The van der Waals surface area contributed by atoms with E-state index in [1.807, 2.05) is 11.7 Å². The molecule has 0 aliphatic heterocycles. The minimum atomic E-state index is 0.660. The van der Waals surface area contributed by atoms with E-state index in [4.69, 9.17) is 0 Å². The topological polar surface area (TPSA) is 29.9 Å². The minimum Gasteiger partial charge on any atom is -0.380 e. The Bertz CT molecular complexity index is 348. The van der Waals surface area contributed by atoms with Crippen LogP contribution in [0.5, 0.6) is 0 Å². The zero-order valence-corrected chi connectivity index (χ0v) is 11.4. The normalized spacial score (nSPS) is 24.9. The lowest BCUT2D eigenvalue weighted by Gasteiger charge is -2.29. The fourth-order valence-corrected chi connectivity index (χ4v) is 2.85. The molecule has 1 aromatic heterocycles. The molecule has 1 N–H and O–H groups in total. The van der Waals surface area contributed by atoms with Crippen molar-refractivity contribution >= 4 is 5.69 Å². The Hall–Kier alpha value is -0.990. The maximum Gasteiger partial charge on any atom is 0.0853 e. The number of hydrogen-bond acceptors (Lipinski definition) is 2. The molecule has 1 saturated carbocycles. The lowest BCUT2D eigenvalue weighted by Crippen LogP contribution is -2.26. The van der Waals surface area contributed by atoms with Gasteiger partial charge < -0.3 is 5.32 Å². The molecule has 1 aliphatic carbocycles. The number of anilines is 1. The molecule has 0 unspecified atom stereocenters. The molecule has 0 atom stereocenters. The van der Waals surface area contributed by atoms with Crippen LogP contribution in [0.3, 0.4) is 0 Å². The van der Waals surface area contributed by atoms with Gasteiger partial charge in [0, 0.05) is 19.3 Å². The molecule has 2 rings (SSSR count). The minimum absolute atomic E-state index is 0.660. The lowest BCUT2D eigenvalue weighted by atomic mass is 9.84. The van der Waals surface area contributed by atoms with E-state index in [-0.39, 0.29) is 0 Å². The molecular weight excluding hydrogens is 210 g/mol. The van der Waals surface area contributed by atoms with Gasteiger partial charge in [-0.25, -0.2) is 0 Å². The van der Waals surface area contributed by atoms with Crippen LogP contribution in [0.25, 0.3) is 0 Å². The molecule has 1 aliphatic rings. The third-order valence-electron chi connectivity index (χ3n) is 4.02. The summed E-state index contributed by atoms with van der Waals surface area (Å²) in [6.45, 7) is 4.48. The summed E-state index contributed by atoms with van der Waals surface area (Å²) in [5.41, 5.74) is 2.44. The molecule has 0 bridgehead atoms. The van der Waals surface area contributed by atoms with Gasteiger partial charge in [-0.2, -0.15) is 5.10 Å². The van der Waals surface area contributed by atoms with Crippen molar-refractivity contribution in [3.63, 3.8) is 0 Å². The smallest absolute Gasteiger partial charge is 0.0853 e. The Morgan fingerprint density at radius 3 is 2.59 bits per heavy atom. The second kappa shape index (κ2) is 5.56. The highest BCUT2D eigenvalue weighted by molar-refractivity contribution is 5.47. The summed E-state index contributed by atoms with van der Waals surface area (Å²) < 4.78 is 1.92. The van der Waals surface area contributed by atoms with Crippen molar-refractivity contribution in [3.8, 4) is 0 Å². The number of hydrogen-bond donors (Lipinski definition) is 1. The molecule has 1 heterocycles. The van der Waals surface area contributed by atoms with Gasteiger partial charge in [0.15, 0.2) is 0 Å². The van der Waals surface area contributed by atoms with Gasteiger partial charge in [-0.3, -0.25) is 4.68 Å². The first-order valence-corrected chi connectivity index (χ1v) is 7.02. The number of aromatic nitrogens is 2. The van der Waals surface area contributed by atoms with Crippen molar-refractivity contribution in [1.29, 1.82) is 0 Å². The van der Waals surface area contributed by atoms with E-state index < -0.39 is 0 Å². The van der Waals surface area contributed by atoms with Crippen LogP contribution in [0.4, 0.5) is 5.69 Å². The molecule has 0 spiro atoms.